The topological polar surface area (TPSA) is 32.7 Å². The van der Waals surface area contributed by atoms with Crippen LogP contribution in [0.1, 0.15) is 27.2 Å². The molecule has 1 heterocycles. The van der Waals surface area contributed by atoms with E-state index in [0.717, 1.165) is 13.0 Å². The van der Waals surface area contributed by atoms with Crippen molar-refractivity contribution in [2.24, 2.45) is 0 Å². The fraction of sp³-hybridized carbons (Fsp3) is 1.00. The Bertz CT molecular complexity index is 147. The lowest BCUT2D eigenvalue weighted by atomic mass is 10.1. The van der Waals surface area contributed by atoms with Gasteiger partial charge in [-0.3, -0.25) is 4.90 Å². The summed E-state index contributed by atoms with van der Waals surface area (Å²) in [4.78, 5) is 2.23. The van der Waals surface area contributed by atoms with Crippen LogP contribution in [-0.4, -0.2) is 41.5 Å². The molecule has 1 atom stereocenters. The Morgan fingerprint density at radius 2 is 2.25 bits per heavy atom. The lowest BCUT2D eigenvalue weighted by molar-refractivity contribution is 0.0133. The number of hydrogen-bond donors (Lipinski definition) is 1. The molecule has 0 aromatic heterocycles. The van der Waals surface area contributed by atoms with Crippen molar-refractivity contribution in [2.45, 2.75) is 39.0 Å². The Labute approximate surface area is 74.3 Å². The van der Waals surface area contributed by atoms with Crippen LogP contribution in [0.25, 0.3) is 0 Å². The van der Waals surface area contributed by atoms with Crippen LogP contribution in [0.2, 0.25) is 0 Å². The Morgan fingerprint density at radius 3 is 2.75 bits per heavy atom. The Kier molecular flexibility index (Phi) is 3.09. The van der Waals surface area contributed by atoms with Crippen LogP contribution in [0.3, 0.4) is 0 Å². The summed E-state index contributed by atoms with van der Waals surface area (Å²) in [5.41, 5.74) is 0.0867. The first-order valence-corrected chi connectivity index (χ1v) is 4.61. The zero-order chi connectivity index (χ0) is 9.19. The molecular weight excluding hydrogens is 154 g/mol. The van der Waals surface area contributed by atoms with Gasteiger partial charge < -0.3 is 9.84 Å². The average molecular weight is 173 g/mol. The second-order valence-electron chi connectivity index (χ2n) is 3.90. The van der Waals surface area contributed by atoms with Gasteiger partial charge in [-0.15, -0.1) is 0 Å². The summed E-state index contributed by atoms with van der Waals surface area (Å²) < 4.78 is 5.60. The van der Waals surface area contributed by atoms with Gasteiger partial charge in [0.15, 0.2) is 0 Å². The highest BCUT2D eigenvalue weighted by Gasteiger charge is 2.38. The molecule has 0 saturated carbocycles. The highest BCUT2D eigenvalue weighted by atomic mass is 16.5. The van der Waals surface area contributed by atoms with Gasteiger partial charge in [0.1, 0.15) is 6.23 Å². The van der Waals surface area contributed by atoms with Gasteiger partial charge in [-0.25, -0.2) is 0 Å². The first kappa shape index (κ1) is 9.96. The summed E-state index contributed by atoms with van der Waals surface area (Å²) in [7, 11) is 0. The van der Waals surface area contributed by atoms with Gasteiger partial charge in [0.2, 0.25) is 0 Å². The molecule has 3 heteroatoms. The molecule has 1 N–H and O–H groups in total. The average Bonchev–Trinajstić information content (AvgIpc) is 2.29. The van der Waals surface area contributed by atoms with Crippen molar-refractivity contribution in [3.05, 3.63) is 0 Å². The van der Waals surface area contributed by atoms with E-state index in [2.05, 4.69) is 25.7 Å². The Hall–Kier alpha value is -0.120. The van der Waals surface area contributed by atoms with Crippen LogP contribution in [0.15, 0.2) is 0 Å². The molecule has 1 saturated heterocycles. The van der Waals surface area contributed by atoms with Gasteiger partial charge in [-0.1, -0.05) is 6.92 Å². The number of β-amino-alcohol motifs (C(OH)–C–C–N with tert-alkyl or cyclic N) is 1. The fourth-order valence-corrected chi connectivity index (χ4v) is 1.76. The SMILES string of the molecule is CCC1OCC(C)(C)N1CCO. The van der Waals surface area contributed by atoms with Gasteiger partial charge in [-0.05, 0) is 20.3 Å². The predicted octanol–water partition coefficient (Wildman–Crippen LogP) is 0.826. The van der Waals surface area contributed by atoms with E-state index >= 15 is 0 Å². The summed E-state index contributed by atoms with van der Waals surface area (Å²) in [5.74, 6) is 0. The highest BCUT2D eigenvalue weighted by Crippen LogP contribution is 2.27. The minimum Gasteiger partial charge on any atom is -0.395 e. The molecule has 12 heavy (non-hydrogen) atoms. The number of ether oxygens (including phenoxy) is 1. The van der Waals surface area contributed by atoms with Gasteiger partial charge in [0.05, 0.1) is 13.2 Å². The number of hydrogen-bond acceptors (Lipinski definition) is 3. The third kappa shape index (κ3) is 1.79. The maximum atomic E-state index is 8.87. The molecular formula is C9H19NO2. The lowest BCUT2D eigenvalue weighted by Crippen LogP contribution is -2.45. The number of rotatable bonds is 3. The van der Waals surface area contributed by atoms with Crippen molar-refractivity contribution in [1.29, 1.82) is 0 Å². The van der Waals surface area contributed by atoms with Gasteiger partial charge in [0, 0.05) is 12.1 Å². The molecule has 1 aliphatic rings. The van der Waals surface area contributed by atoms with Crippen LogP contribution in [-0.2, 0) is 4.74 Å². The quantitative estimate of drug-likeness (QED) is 0.686. The summed E-state index contributed by atoms with van der Waals surface area (Å²) in [6.07, 6.45) is 1.19. The molecule has 1 rings (SSSR count). The van der Waals surface area contributed by atoms with E-state index in [9.17, 15) is 0 Å². The second kappa shape index (κ2) is 3.73. The lowest BCUT2D eigenvalue weighted by Gasteiger charge is -2.32. The summed E-state index contributed by atoms with van der Waals surface area (Å²) in [5, 5.41) is 8.87. The molecule has 1 unspecified atom stereocenters. The molecule has 0 amide bonds. The van der Waals surface area contributed by atoms with E-state index in [1.54, 1.807) is 0 Å². The van der Waals surface area contributed by atoms with Crippen molar-refractivity contribution in [1.82, 2.24) is 4.90 Å². The minimum atomic E-state index is 0.0867. The van der Waals surface area contributed by atoms with Gasteiger partial charge in [0.25, 0.3) is 0 Å². The van der Waals surface area contributed by atoms with Gasteiger partial charge >= 0.3 is 0 Å². The third-order valence-electron chi connectivity index (χ3n) is 2.44. The van der Waals surface area contributed by atoms with Crippen LogP contribution >= 0.6 is 0 Å². The van der Waals surface area contributed by atoms with Crippen molar-refractivity contribution in [3.8, 4) is 0 Å². The number of aliphatic hydroxyl groups is 1. The monoisotopic (exact) mass is 173 g/mol. The van der Waals surface area contributed by atoms with Crippen LogP contribution in [0.4, 0.5) is 0 Å². The smallest absolute Gasteiger partial charge is 0.111 e. The minimum absolute atomic E-state index is 0.0867. The molecule has 0 spiro atoms. The van der Waals surface area contributed by atoms with Crippen molar-refractivity contribution in [3.63, 3.8) is 0 Å². The molecule has 1 fully saturated rings. The molecule has 0 aromatic rings. The van der Waals surface area contributed by atoms with E-state index in [1.165, 1.54) is 0 Å². The molecule has 72 valence electrons. The van der Waals surface area contributed by atoms with E-state index in [0.29, 0.717) is 6.54 Å². The number of nitrogens with zero attached hydrogens (tertiary/aromatic N) is 1. The molecule has 3 nitrogen and oxygen atoms in total. The van der Waals surface area contributed by atoms with Crippen LogP contribution in [0.5, 0.6) is 0 Å². The zero-order valence-electron chi connectivity index (χ0n) is 8.21. The van der Waals surface area contributed by atoms with Gasteiger partial charge in [-0.2, -0.15) is 0 Å². The molecule has 0 bridgehead atoms. The summed E-state index contributed by atoms with van der Waals surface area (Å²) in [6.45, 7) is 8.10. The maximum Gasteiger partial charge on any atom is 0.111 e. The Balaban J connectivity index is 2.59. The Morgan fingerprint density at radius 1 is 1.58 bits per heavy atom. The standard InChI is InChI=1S/C9H19NO2/c1-4-8-10(5-6-11)9(2,3)7-12-8/h8,11H,4-7H2,1-3H3. The van der Waals surface area contributed by atoms with E-state index < -0.39 is 0 Å². The van der Waals surface area contributed by atoms with E-state index in [-0.39, 0.29) is 18.4 Å². The van der Waals surface area contributed by atoms with Crippen molar-refractivity contribution in [2.75, 3.05) is 19.8 Å². The number of aliphatic hydroxyl groups excluding tert-OH is 1. The summed E-state index contributed by atoms with van der Waals surface area (Å²) >= 11 is 0. The molecule has 0 aromatic carbocycles. The largest absolute Gasteiger partial charge is 0.395 e. The third-order valence-corrected chi connectivity index (χ3v) is 2.44. The molecule has 0 radical (unpaired) electrons. The highest BCUT2D eigenvalue weighted by molar-refractivity contribution is 4.88. The van der Waals surface area contributed by atoms with E-state index in [4.69, 9.17) is 9.84 Å². The van der Waals surface area contributed by atoms with Crippen LogP contribution in [0, 0.1) is 0 Å². The van der Waals surface area contributed by atoms with Crippen LogP contribution < -0.4 is 0 Å². The first-order chi connectivity index (χ1) is 5.61. The van der Waals surface area contributed by atoms with Crippen molar-refractivity contribution >= 4 is 0 Å². The fourth-order valence-electron chi connectivity index (χ4n) is 1.76. The maximum absolute atomic E-state index is 8.87. The first-order valence-electron chi connectivity index (χ1n) is 4.61. The van der Waals surface area contributed by atoms with E-state index in [1.807, 2.05) is 0 Å². The predicted molar refractivity (Wildman–Crippen MR) is 47.9 cm³/mol. The summed E-state index contributed by atoms with van der Waals surface area (Å²) in [6, 6.07) is 0. The molecule has 1 aliphatic heterocycles. The molecule has 0 aliphatic carbocycles. The normalized spacial score (nSPS) is 29.5. The second-order valence-corrected chi connectivity index (χ2v) is 3.90. The zero-order valence-corrected chi connectivity index (χ0v) is 8.21. The van der Waals surface area contributed by atoms with Crippen molar-refractivity contribution < 1.29 is 9.84 Å².